The minimum absolute atomic E-state index is 0.0588. The summed E-state index contributed by atoms with van der Waals surface area (Å²) in [4.78, 5) is 29.4. The highest BCUT2D eigenvalue weighted by Crippen LogP contribution is 2.41. The van der Waals surface area contributed by atoms with Crippen molar-refractivity contribution in [1.29, 1.82) is 5.26 Å². The first-order chi connectivity index (χ1) is 12.6. The van der Waals surface area contributed by atoms with Crippen LogP contribution in [0.5, 0.6) is 0 Å². The summed E-state index contributed by atoms with van der Waals surface area (Å²) >= 11 is 0. The molecule has 0 radical (unpaired) electrons. The fourth-order valence-electron chi connectivity index (χ4n) is 4.07. The van der Waals surface area contributed by atoms with Crippen molar-refractivity contribution >= 4 is 11.8 Å². The topological polar surface area (TPSA) is 73.6 Å². The van der Waals surface area contributed by atoms with E-state index in [1.165, 1.54) is 0 Å². The van der Waals surface area contributed by atoms with Crippen molar-refractivity contribution in [3.8, 4) is 6.07 Å². The minimum atomic E-state index is -0.322. The molecule has 2 saturated heterocycles. The second kappa shape index (κ2) is 7.88. The third-order valence-corrected chi connectivity index (χ3v) is 5.64. The monoisotopic (exact) mass is 355 g/mol. The molecule has 2 heterocycles. The van der Waals surface area contributed by atoms with E-state index in [1.807, 2.05) is 9.80 Å². The maximum atomic E-state index is 13.0. The number of ether oxygens (including phenoxy) is 1. The summed E-state index contributed by atoms with van der Waals surface area (Å²) in [5, 5.41) is 9.01. The van der Waals surface area contributed by atoms with Crippen LogP contribution in [0.3, 0.4) is 0 Å². The van der Waals surface area contributed by atoms with Crippen LogP contribution in [0.15, 0.2) is 24.3 Å². The van der Waals surface area contributed by atoms with Crippen molar-refractivity contribution in [2.45, 2.75) is 25.7 Å². The number of benzene rings is 1. The molecule has 0 saturated carbocycles. The molecule has 6 nitrogen and oxygen atoms in total. The predicted octanol–water partition coefficient (Wildman–Crippen LogP) is 2.05. The number of methoxy groups -OCH3 is 1. The zero-order valence-electron chi connectivity index (χ0n) is 15.2. The standard InChI is InChI=1S/C20H25N3O3/c1-26-13-12-23-9-3-6-20(19(23)25)7-10-22(11-8-20)18(24)17-5-2-4-16(14-17)15-21/h2,4-5,14H,3,6-13H2,1H3. The van der Waals surface area contributed by atoms with Gasteiger partial charge >= 0.3 is 0 Å². The molecular formula is C20H25N3O3. The van der Waals surface area contributed by atoms with E-state index in [1.54, 1.807) is 31.4 Å². The van der Waals surface area contributed by atoms with E-state index in [4.69, 9.17) is 10.00 Å². The zero-order chi connectivity index (χ0) is 18.6. The summed E-state index contributed by atoms with van der Waals surface area (Å²) in [5.74, 6) is 0.163. The van der Waals surface area contributed by atoms with E-state index in [2.05, 4.69) is 6.07 Å². The molecule has 3 rings (SSSR count). The van der Waals surface area contributed by atoms with Crippen LogP contribution in [0.2, 0.25) is 0 Å². The molecule has 2 amide bonds. The van der Waals surface area contributed by atoms with E-state index in [9.17, 15) is 9.59 Å². The lowest BCUT2D eigenvalue weighted by Gasteiger charge is -2.46. The third-order valence-electron chi connectivity index (χ3n) is 5.64. The van der Waals surface area contributed by atoms with Crippen molar-refractivity contribution < 1.29 is 14.3 Å². The van der Waals surface area contributed by atoms with Gasteiger partial charge in [-0.05, 0) is 43.9 Å². The first-order valence-corrected chi connectivity index (χ1v) is 9.17. The van der Waals surface area contributed by atoms with Gasteiger partial charge in [-0.25, -0.2) is 0 Å². The van der Waals surface area contributed by atoms with Gasteiger partial charge in [0.05, 0.1) is 23.7 Å². The highest BCUT2D eigenvalue weighted by Gasteiger charge is 2.46. The van der Waals surface area contributed by atoms with Crippen LogP contribution < -0.4 is 0 Å². The molecular weight excluding hydrogens is 330 g/mol. The normalized spacial score (nSPS) is 19.5. The van der Waals surface area contributed by atoms with Gasteiger partial charge in [0.15, 0.2) is 0 Å². The number of likely N-dealkylation sites (tertiary alicyclic amines) is 2. The van der Waals surface area contributed by atoms with Gasteiger partial charge in [0, 0.05) is 38.9 Å². The Kier molecular flexibility index (Phi) is 5.58. The maximum Gasteiger partial charge on any atom is 0.253 e. The van der Waals surface area contributed by atoms with E-state index in [-0.39, 0.29) is 17.2 Å². The number of piperidine rings is 2. The van der Waals surface area contributed by atoms with Gasteiger partial charge in [-0.2, -0.15) is 5.26 Å². The minimum Gasteiger partial charge on any atom is -0.383 e. The largest absolute Gasteiger partial charge is 0.383 e. The van der Waals surface area contributed by atoms with E-state index in [0.29, 0.717) is 50.2 Å². The van der Waals surface area contributed by atoms with Gasteiger partial charge in [0.1, 0.15) is 0 Å². The number of carbonyl (C=O) groups is 2. The molecule has 0 aliphatic carbocycles. The molecule has 6 heteroatoms. The van der Waals surface area contributed by atoms with Crippen molar-refractivity contribution in [3.05, 3.63) is 35.4 Å². The lowest BCUT2D eigenvalue weighted by atomic mass is 9.71. The molecule has 1 aromatic carbocycles. The Hall–Kier alpha value is -2.39. The summed E-state index contributed by atoms with van der Waals surface area (Å²) in [6.07, 6.45) is 3.33. The van der Waals surface area contributed by atoms with E-state index < -0.39 is 0 Å². The van der Waals surface area contributed by atoms with Gasteiger partial charge in [0.2, 0.25) is 5.91 Å². The van der Waals surface area contributed by atoms with Crippen LogP contribution in [0.4, 0.5) is 0 Å². The predicted molar refractivity (Wildman–Crippen MR) is 96.4 cm³/mol. The molecule has 1 aromatic rings. The fourth-order valence-corrected chi connectivity index (χ4v) is 4.07. The molecule has 138 valence electrons. The molecule has 26 heavy (non-hydrogen) atoms. The Bertz CT molecular complexity index is 717. The van der Waals surface area contributed by atoms with Gasteiger partial charge in [-0.3, -0.25) is 9.59 Å². The van der Waals surface area contributed by atoms with Crippen LogP contribution in [0.25, 0.3) is 0 Å². The highest BCUT2D eigenvalue weighted by molar-refractivity contribution is 5.95. The van der Waals surface area contributed by atoms with Gasteiger partial charge in [-0.1, -0.05) is 6.07 Å². The Morgan fingerprint density at radius 1 is 1.27 bits per heavy atom. The molecule has 2 aliphatic heterocycles. The smallest absolute Gasteiger partial charge is 0.253 e. The Balaban J connectivity index is 1.65. The second-order valence-electron chi connectivity index (χ2n) is 7.15. The molecule has 1 spiro atoms. The highest BCUT2D eigenvalue weighted by atomic mass is 16.5. The average Bonchev–Trinajstić information content (AvgIpc) is 2.69. The first kappa shape index (κ1) is 18.4. The summed E-state index contributed by atoms with van der Waals surface area (Å²) in [7, 11) is 1.65. The molecule has 2 fully saturated rings. The van der Waals surface area contributed by atoms with Crippen LogP contribution in [-0.4, -0.2) is 61.5 Å². The number of nitrogens with zero attached hydrogens (tertiary/aromatic N) is 3. The number of amides is 2. The van der Waals surface area contributed by atoms with E-state index in [0.717, 1.165) is 19.4 Å². The second-order valence-corrected chi connectivity index (χ2v) is 7.15. The number of hydrogen-bond acceptors (Lipinski definition) is 4. The van der Waals surface area contributed by atoms with Crippen LogP contribution in [-0.2, 0) is 9.53 Å². The maximum absolute atomic E-state index is 13.0. The Labute approximate surface area is 154 Å². The SMILES string of the molecule is COCCN1CCCC2(CCN(C(=O)c3cccc(C#N)c3)CC2)C1=O. The molecule has 2 aliphatic rings. The van der Waals surface area contributed by atoms with Crippen LogP contribution in [0.1, 0.15) is 41.6 Å². The third kappa shape index (κ3) is 3.58. The molecule has 0 atom stereocenters. The average molecular weight is 355 g/mol. The lowest BCUT2D eigenvalue weighted by Crippen LogP contribution is -2.54. The number of carbonyl (C=O) groups excluding carboxylic acids is 2. The summed E-state index contributed by atoms with van der Waals surface area (Å²) in [6, 6.07) is 8.86. The zero-order valence-corrected chi connectivity index (χ0v) is 15.2. The van der Waals surface area contributed by atoms with Crippen LogP contribution >= 0.6 is 0 Å². The van der Waals surface area contributed by atoms with Crippen molar-refractivity contribution in [1.82, 2.24) is 9.80 Å². The van der Waals surface area contributed by atoms with Crippen molar-refractivity contribution in [2.75, 3.05) is 39.9 Å². The first-order valence-electron chi connectivity index (χ1n) is 9.17. The van der Waals surface area contributed by atoms with Crippen molar-refractivity contribution in [2.24, 2.45) is 5.41 Å². The lowest BCUT2D eigenvalue weighted by molar-refractivity contribution is -0.150. The molecule has 0 aromatic heterocycles. The van der Waals surface area contributed by atoms with Gasteiger partial charge < -0.3 is 14.5 Å². The summed E-state index contributed by atoms with van der Waals surface area (Å²) < 4.78 is 5.12. The quantitative estimate of drug-likeness (QED) is 0.828. The number of hydrogen-bond donors (Lipinski definition) is 0. The van der Waals surface area contributed by atoms with Crippen molar-refractivity contribution in [3.63, 3.8) is 0 Å². The Morgan fingerprint density at radius 3 is 2.73 bits per heavy atom. The fraction of sp³-hybridized carbons (Fsp3) is 0.550. The van der Waals surface area contributed by atoms with Gasteiger partial charge in [0.25, 0.3) is 5.91 Å². The molecule has 0 N–H and O–H groups in total. The number of rotatable bonds is 4. The van der Waals surface area contributed by atoms with Gasteiger partial charge in [-0.15, -0.1) is 0 Å². The summed E-state index contributed by atoms with van der Waals surface area (Å²) in [5.41, 5.74) is 0.703. The number of nitriles is 1. The molecule has 0 unspecified atom stereocenters. The van der Waals surface area contributed by atoms with Crippen LogP contribution in [0, 0.1) is 16.7 Å². The molecule has 0 bridgehead atoms. The Morgan fingerprint density at radius 2 is 2.04 bits per heavy atom. The van der Waals surface area contributed by atoms with E-state index >= 15 is 0 Å². The summed E-state index contributed by atoms with van der Waals surface area (Å²) in [6.45, 7) is 3.16.